The van der Waals surface area contributed by atoms with Crippen LogP contribution in [0.25, 0.3) is 33.3 Å². The fourth-order valence-corrected chi connectivity index (χ4v) is 3.04. The lowest BCUT2D eigenvalue weighted by Crippen LogP contribution is -1.86. The van der Waals surface area contributed by atoms with E-state index in [1.54, 1.807) is 6.07 Å². The Labute approximate surface area is 133 Å². The van der Waals surface area contributed by atoms with Crippen LogP contribution < -0.4 is 0 Å². The number of nitro benzene ring substituents is 1. The highest BCUT2D eigenvalue weighted by Crippen LogP contribution is 2.30. The van der Waals surface area contributed by atoms with Gasteiger partial charge in [-0.05, 0) is 25.1 Å². The second-order valence-corrected chi connectivity index (χ2v) is 5.85. The van der Waals surface area contributed by atoms with Gasteiger partial charge in [0.1, 0.15) is 11.5 Å². The topological polar surface area (TPSA) is 97.9 Å². The molecule has 0 bridgehead atoms. The third-order valence-corrected chi connectivity index (χ3v) is 4.23. The minimum atomic E-state index is -0.430. The maximum atomic E-state index is 10.8. The summed E-state index contributed by atoms with van der Waals surface area (Å²) in [5, 5.41) is 13.5. The van der Waals surface area contributed by atoms with Crippen molar-refractivity contribution in [1.82, 2.24) is 15.0 Å². The molecule has 0 radical (unpaired) electrons. The van der Waals surface area contributed by atoms with Gasteiger partial charge in [-0.3, -0.25) is 10.1 Å². The highest BCUT2D eigenvalue weighted by atomic mass is 32.1. The summed E-state index contributed by atoms with van der Waals surface area (Å²) in [5.41, 5.74) is 1.97. The molecule has 0 spiro atoms. The van der Waals surface area contributed by atoms with Crippen LogP contribution in [0.1, 0.15) is 5.76 Å². The molecule has 8 heteroatoms. The number of nitro groups is 1. The summed E-state index contributed by atoms with van der Waals surface area (Å²) in [6.45, 7) is 1.88. The summed E-state index contributed by atoms with van der Waals surface area (Å²) in [6.07, 6.45) is 0. The standard InChI is InChI=1S/C15H10N4O3S/c1-8-2-5-13(22-8)15-18-12(7-23-15)14-16-10-4-3-9(19(20)21)6-11(10)17-14/h2-7H,1H3,(H,16,17). The molecule has 23 heavy (non-hydrogen) atoms. The molecule has 0 saturated carbocycles. The van der Waals surface area contributed by atoms with Gasteiger partial charge in [-0.1, -0.05) is 0 Å². The number of imidazole rings is 1. The smallest absolute Gasteiger partial charge is 0.271 e. The molecule has 3 aromatic heterocycles. The number of non-ortho nitro benzene ring substituents is 1. The average molecular weight is 326 g/mol. The lowest BCUT2D eigenvalue weighted by Gasteiger charge is -1.90. The maximum Gasteiger partial charge on any atom is 0.271 e. The number of H-pyrrole nitrogens is 1. The predicted molar refractivity (Wildman–Crippen MR) is 86.3 cm³/mol. The number of benzene rings is 1. The average Bonchev–Trinajstić information content (AvgIpc) is 3.24. The Hall–Kier alpha value is -3.00. The molecule has 0 aliphatic heterocycles. The fourth-order valence-electron chi connectivity index (χ4n) is 2.28. The van der Waals surface area contributed by atoms with Crippen LogP contribution in [0, 0.1) is 17.0 Å². The fraction of sp³-hybridized carbons (Fsp3) is 0.0667. The molecule has 0 unspecified atom stereocenters. The van der Waals surface area contributed by atoms with Crippen LogP contribution in [0.2, 0.25) is 0 Å². The molecule has 0 aliphatic rings. The molecule has 0 fully saturated rings. The Balaban J connectivity index is 1.74. The molecule has 3 heterocycles. The lowest BCUT2D eigenvalue weighted by atomic mass is 10.3. The maximum absolute atomic E-state index is 10.8. The summed E-state index contributed by atoms with van der Waals surface area (Å²) >= 11 is 1.46. The van der Waals surface area contributed by atoms with E-state index in [0.29, 0.717) is 28.3 Å². The Morgan fingerprint density at radius 3 is 2.87 bits per heavy atom. The van der Waals surface area contributed by atoms with E-state index >= 15 is 0 Å². The van der Waals surface area contributed by atoms with E-state index in [0.717, 1.165) is 10.8 Å². The number of fused-ring (bicyclic) bond motifs is 1. The van der Waals surface area contributed by atoms with Crippen molar-refractivity contribution < 1.29 is 9.34 Å². The van der Waals surface area contributed by atoms with Crippen molar-refractivity contribution in [2.24, 2.45) is 0 Å². The molecule has 0 atom stereocenters. The van der Waals surface area contributed by atoms with Gasteiger partial charge in [0.05, 0.1) is 16.0 Å². The van der Waals surface area contributed by atoms with Gasteiger partial charge < -0.3 is 9.40 Å². The lowest BCUT2D eigenvalue weighted by molar-refractivity contribution is -0.384. The molecule has 1 N–H and O–H groups in total. The van der Waals surface area contributed by atoms with Crippen molar-refractivity contribution in [3.05, 3.63) is 51.6 Å². The molecule has 0 aliphatic carbocycles. The first-order valence-electron chi connectivity index (χ1n) is 6.77. The van der Waals surface area contributed by atoms with Crippen LogP contribution in [-0.4, -0.2) is 19.9 Å². The second-order valence-electron chi connectivity index (χ2n) is 4.99. The molecule has 7 nitrogen and oxygen atoms in total. The number of hydrogen-bond donors (Lipinski definition) is 1. The van der Waals surface area contributed by atoms with E-state index < -0.39 is 4.92 Å². The summed E-state index contributed by atoms with van der Waals surface area (Å²) in [5.74, 6) is 2.12. The van der Waals surface area contributed by atoms with Crippen molar-refractivity contribution in [3.63, 3.8) is 0 Å². The third-order valence-electron chi connectivity index (χ3n) is 3.37. The van der Waals surface area contributed by atoms with Gasteiger partial charge in [0.15, 0.2) is 16.6 Å². The monoisotopic (exact) mass is 326 g/mol. The van der Waals surface area contributed by atoms with Crippen LogP contribution >= 0.6 is 11.3 Å². The van der Waals surface area contributed by atoms with Crippen LogP contribution in [0.5, 0.6) is 0 Å². The van der Waals surface area contributed by atoms with Crippen LogP contribution in [-0.2, 0) is 0 Å². The molecular weight excluding hydrogens is 316 g/mol. The Bertz CT molecular complexity index is 1030. The first-order chi connectivity index (χ1) is 11.1. The summed E-state index contributed by atoms with van der Waals surface area (Å²) in [4.78, 5) is 22.4. The number of aromatic nitrogens is 3. The Morgan fingerprint density at radius 2 is 2.13 bits per heavy atom. The number of furan rings is 1. The summed E-state index contributed by atoms with van der Waals surface area (Å²) in [7, 11) is 0. The first kappa shape index (κ1) is 13.6. The van der Waals surface area contributed by atoms with Gasteiger partial charge in [-0.2, -0.15) is 0 Å². The first-order valence-corrected chi connectivity index (χ1v) is 7.65. The van der Waals surface area contributed by atoms with Crippen molar-refractivity contribution >= 4 is 28.1 Å². The van der Waals surface area contributed by atoms with E-state index in [1.165, 1.54) is 23.5 Å². The van der Waals surface area contributed by atoms with Crippen molar-refractivity contribution in [1.29, 1.82) is 0 Å². The van der Waals surface area contributed by atoms with Crippen molar-refractivity contribution in [2.45, 2.75) is 6.92 Å². The quantitative estimate of drug-likeness (QED) is 0.450. The summed E-state index contributed by atoms with van der Waals surface area (Å²) in [6, 6.07) is 8.29. The number of aryl methyl sites for hydroxylation is 1. The second kappa shape index (κ2) is 5.03. The van der Waals surface area contributed by atoms with Gasteiger partial charge in [0.25, 0.3) is 5.69 Å². The summed E-state index contributed by atoms with van der Waals surface area (Å²) < 4.78 is 5.56. The van der Waals surface area contributed by atoms with Gasteiger partial charge in [-0.15, -0.1) is 11.3 Å². The normalized spacial score (nSPS) is 11.2. The van der Waals surface area contributed by atoms with E-state index in [2.05, 4.69) is 15.0 Å². The number of thiazole rings is 1. The number of hydrogen-bond acceptors (Lipinski definition) is 6. The molecule has 114 valence electrons. The van der Waals surface area contributed by atoms with Crippen LogP contribution in [0.15, 0.2) is 40.1 Å². The van der Waals surface area contributed by atoms with Gasteiger partial charge in [0.2, 0.25) is 0 Å². The highest BCUT2D eigenvalue weighted by molar-refractivity contribution is 7.13. The van der Waals surface area contributed by atoms with Crippen molar-refractivity contribution in [3.8, 4) is 22.3 Å². The molecule has 4 rings (SSSR count). The third kappa shape index (κ3) is 2.38. The number of nitrogens with zero attached hydrogens (tertiary/aromatic N) is 3. The van der Waals surface area contributed by atoms with Gasteiger partial charge in [-0.25, -0.2) is 9.97 Å². The highest BCUT2D eigenvalue weighted by Gasteiger charge is 2.14. The SMILES string of the molecule is Cc1ccc(-c2nc(-c3nc4ccc([N+](=O)[O-])cc4[nH]3)cs2)o1. The zero-order chi connectivity index (χ0) is 16.0. The molecule has 1 aromatic carbocycles. The van der Waals surface area contributed by atoms with Crippen LogP contribution in [0.3, 0.4) is 0 Å². The molecule has 0 saturated heterocycles. The zero-order valence-corrected chi connectivity index (χ0v) is 12.8. The van der Waals surface area contributed by atoms with Gasteiger partial charge >= 0.3 is 0 Å². The van der Waals surface area contributed by atoms with E-state index in [1.807, 2.05) is 24.4 Å². The van der Waals surface area contributed by atoms with Gasteiger partial charge in [0, 0.05) is 17.5 Å². The minimum Gasteiger partial charge on any atom is -0.459 e. The zero-order valence-electron chi connectivity index (χ0n) is 11.9. The van der Waals surface area contributed by atoms with E-state index in [-0.39, 0.29) is 5.69 Å². The number of aromatic amines is 1. The van der Waals surface area contributed by atoms with E-state index in [4.69, 9.17) is 4.42 Å². The van der Waals surface area contributed by atoms with Crippen LogP contribution in [0.4, 0.5) is 5.69 Å². The van der Waals surface area contributed by atoms with E-state index in [9.17, 15) is 10.1 Å². The number of nitrogens with one attached hydrogen (secondary N) is 1. The number of rotatable bonds is 3. The Kier molecular flexibility index (Phi) is 2.98. The molecule has 4 aromatic rings. The Morgan fingerprint density at radius 1 is 1.26 bits per heavy atom. The molecule has 0 amide bonds. The van der Waals surface area contributed by atoms with Crippen molar-refractivity contribution in [2.75, 3.05) is 0 Å². The minimum absolute atomic E-state index is 0.0257. The largest absolute Gasteiger partial charge is 0.459 e. The molecular formula is C15H10N4O3S. The predicted octanol–water partition coefficient (Wildman–Crippen LogP) is 4.16.